The number of nitrogens with zero attached hydrogens (tertiary/aromatic N) is 3. The molecule has 1 aliphatic heterocycles. The number of fused-ring (bicyclic) bond motifs is 1. The first-order valence-corrected chi connectivity index (χ1v) is 11.2. The minimum absolute atomic E-state index is 0.558. The molecule has 0 spiro atoms. The van der Waals surface area contributed by atoms with Gasteiger partial charge in [-0.3, -0.25) is 0 Å². The van der Waals surface area contributed by atoms with E-state index in [-0.39, 0.29) is 0 Å². The maximum atomic E-state index is 9.55. The summed E-state index contributed by atoms with van der Waals surface area (Å²) in [6.45, 7) is 5.91. The zero-order chi connectivity index (χ0) is 24.5. The molecular formula is C26H31N3O5. The smallest absolute Gasteiger partial charge is 0.328 e. The molecule has 34 heavy (non-hydrogen) atoms. The molecule has 8 nitrogen and oxygen atoms in total. The van der Waals surface area contributed by atoms with Crippen LogP contribution in [0.4, 0.5) is 0 Å². The first kappa shape index (κ1) is 25.1. The van der Waals surface area contributed by atoms with Crippen molar-refractivity contribution in [2.75, 3.05) is 46.9 Å². The van der Waals surface area contributed by atoms with Gasteiger partial charge in [-0.05, 0) is 48.2 Å². The molecule has 2 aromatic rings. The lowest BCUT2D eigenvalue weighted by molar-refractivity contribution is -0.134. The van der Waals surface area contributed by atoms with E-state index in [4.69, 9.17) is 14.9 Å². The number of aliphatic carboxylic acids is 2. The summed E-state index contributed by atoms with van der Waals surface area (Å²) in [5, 5.41) is 15.6. The number of piperazine rings is 1. The molecule has 1 aromatic carbocycles. The average molecular weight is 466 g/mol. The average Bonchev–Trinajstić information content (AvgIpc) is 3.26. The number of aromatic nitrogens is 1. The second-order valence-corrected chi connectivity index (χ2v) is 8.26. The molecule has 2 aliphatic rings. The number of carboxylic acids is 2. The second kappa shape index (κ2) is 12.1. The van der Waals surface area contributed by atoms with Crippen molar-refractivity contribution in [3.05, 3.63) is 65.9 Å². The molecule has 1 saturated heterocycles. The summed E-state index contributed by atoms with van der Waals surface area (Å²) in [6.07, 6.45) is 7.61. The Kier molecular flexibility index (Phi) is 8.95. The fraction of sp³-hybridized carbons (Fsp3) is 0.346. The Balaban J connectivity index is 0.000000350. The Bertz CT molecular complexity index is 1040. The Labute approximate surface area is 199 Å². The number of ether oxygens (including phenoxy) is 1. The van der Waals surface area contributed by atoms with Crippen molar-refractivity contribution >= 4 is 17.5 Å². The van der Waals surface area contributed by atoms with Crippen molar-refractivity contribution in [3.63, 3.8) is 0 Å². The molecule has 0 unspecified atom stereocenters. The summed E-state index contributed by atoms with van der Waals surface area (Å²) in [6, 6.07) is 10.7. The van der Waals surface area contributed by atoms with Gasteiger partial charge in [-0.15, -0.1) is 0 Å². The summed E-state index contributed by atoms with van der Waals surface area (Å²) in [5.41, 5.74) is 6.82. The maximum Gasteiger partial charge on any atom is 0.328 e. The minimum atomic E-state index is -1.26. The van der Waals surface area contributed by atoms with Crippen molar-refractivity contribution in [3.8, 4) is 17.0 Å². The van der Waals surface area contributed by atoms with Gasteiger partial charge in [0.25, 0.3) is 0 Å². The lowest BCUT2D eigenvalue weighted by atomic mass is 9.95. The molecule has 0 bridgehead atoms. The van der Waals surface area contributed by atoms with Crippen LogP contribution in [0, 0.1) is 0 Å². The fourth-order valence-corrected chi connectivity index (χ4v) is 4.10. The molecule has 8 heteroatoms. The van der Waals surface area contributed by atoms with Crippen molar-refractivity contribution in [1.29, 1.82) is 0 Å². The minimum Gasteiger partial charge on any atom is -0.481 e. The van der Waals surface area contributed by atoms with E-state index in [1.54, 1.807) is 7.11 Å². The third-order valence-corrected chi connectivity index (χ3v) is 5.99. The standard InChI is InChI=1S/C22H27N3O.C4H4O4/c1-24-12-14-25(15-13-24)11-10-17-6-8-21-19(17)4-3-5-20(21)18-7-9-22(26-2)23-16-18;5-3(6)1-2-4(7)8/h3-7,9,16H,8,10-15H2,1-2H3;1-2H,(H,5,6)(H,7,8)/b;2-1-. The SMILES string of the molecule is COc1ccc(-c2cccc3c2CC=C3CCN2CCN(C)CC2)cn1.O=C(O)/C=C\C(=O)O. The van der Waals surface area contributed by atoms with Gasteiger partial charge in [0.1, 0.15) is 0 Å². The highest BCUT2D eigenvalue weighted by Crippen LogP contribution is 2.36. The van der Waals surface area contributed by atoms with Crippen LogP contribution in [0.25, 0.3) is 16.7 Å². The zero-order valence-electron chi connectivity index (χ0n) is 19.6. The van der Waals surface area contributed by atoms with Gasteiger partial charge in [-0.2, -0.15) is 0 Å². The van der Waals surface area contributed by atoms with Crippen molar-refractivity contribution < 1.29 is 24.5 Å². The number of carbonyl (C=O) groups is 2. The summed E-state index contributed by atoms with van der Waals surface area (Å²) in [5.74, 6) is -1.85. The van der Waals surface area contributed by atoms with Gasteiger partial charge in [-0.25, -0.2) is 14.6 Å². The van der Waals surface area contributed by atoms with Gasteiger partial charge < -0.3 is 24.7 Å². The molecule has 1 fully saturated rings. The summed E-state index contributed by atoms with van der Waals surface area (Å²) in [4.78, 5) is 28.5. The molecular weight excluding hydrogens is 434 g/mol. The van der Waals surface area contributed by atoms with E-state index in [2.05, 4.69) is 52.2 Å². The lowest BCUT2D eigenvalue weighted by Crippen LogP contribution is -2.44. The number of rotatable bonds is 7. The zero-order valence-corrected chi connectivity index (χ0v) is 19.6. The molecule has 4 rings (SSSR count). The molecule has 2 heterocycles. The van der Waals surface area contributed by atoms with Gasteiger partial charge in [-0.1, -0.05) is 24.3 Å². The van der Waals surface area contributed by atoms with Crippen LogP contribution in [0.1, 0.15) is 17.5 Å². The van der Waals surface area contributed by atoms with E-state index in [1.165, 1.54) is 48.4 Å². The number of hydrogen-bond acceptors (Lipinski definition) is 6. The van der Waals surface area contributed by atoms with E-state index in [1.807, 2.05) is 12.3 Å². The maximum absolute atomic E-state index is 9.55. The number of hydrogen-bond donors (Lipinski definition) is 2. The van der Waals surface area contributed by atoms with Crippen molar-refractivity contribution in [2.45, 2.75) is 12.8 Å². The van der Waals surface area contributed by atoms with E-state index in [0.717, 1.165) is 24.9 Å². The van der Waals surface area contributed by atoms with Crippen LogP contribution in [-0.4, -0.2) is 83.8 Å². The molecule has 2 N–H and O–H groups in total. The Morgan fingerprint density at radius 3 is 2.29 bits per heavy atom. The molecule has 180 valence electrons. The third kappa shape index (κ3) is 7.00. The highest BCUT2D eigenvalue weighted by atomic mass is 16.5. The monoisotopic (exact) mass is 465 g/mol. The molecule has 1 aromatic heterocycles. The molecule has 1 aliphatic carbocycles. The topological polar surface area (TPSA) is 103 Å². The van der Waals surface area contributed by atoms with Gasteiger partial charge in [0.15, 0.2) is 0 Å². The van der Waals surface area contributed by atoms with Crippen molar-refractivity contribution in [1.82, 2.24) is 14.8 Å². The van der Waals surface area contributed by atoms with E-state index < -0.39 is 11.9 Å². The van der Waals surface area contributed by atoms with E-state index >= 15 is 0 Å². The predicted octanol–water partition coefficient (Wildman–Crippen LogP) is 3.05. The molecule has 0 amide bonds. The fourth-order valence-electron chi connectivity index (χ4n) is 4.10. The van der Waals surface area contributed by atoms with Crippen LogP contribution in [0.5, 0.6) is 5.88 Å². The second-order valence-electron chi connectivity index (χ2n) is 8.26. The highest BCUT2D eigenvalue weighted by molar-refractivity contribution is 5.89. The molecule has 0 radical (unpaired) electrons. The highest BCUT2D eigenvalue weighted by Gasteiger charge is 2.20. The number of pyridine rings is 1. The van der Waals surface area contributed by atoms with Crippen molar-refractivity contribution in [2.24, 2.45) is 0 Å². The van der Waals surface area contributed by atoms with E-state index in [9.17, 15) is 9.59 Å². The Hall–Kier alpha value is -3.49. The number of methoxy groups -OCH3 is 1. The van der Waals surface area contributed by atoms with Crippen LogP contribution in [0.3, 0.4) is 0 Å². The normalized spacial score (nSPS) is 15.9. The summed E-state index contributed by atoms with van der Waals surface area (Å²) < 4.78 is 5.18. The molecule has 0 saturated carbocycles. The Morgan fingerprint density at radius 1 is 1.03 bits per heavy atom. The van der Waals surface area contributed by atoms with Gasteiger partial charge >= 0.3 is 11.9 Å². The predicted molar refractivity (Wildman–Crippen MR) is 131 cm³/mol. The van der Waals surface area contributed by atoms with Gasteiger partial charge in [0, 0.05) is 62.7 Å². The van der Waals surface area contributed by atoms with Crippen LogP contribution in [0.15, 0.2) is 54.8 Å². The number of likely N-dealkylation sites (N-methyl/N-ethyl adjacent to an activating group) is 1. The van der Waals surface area contributed by atoms with Crippen LogP contribution >= 0.6 is 0 Å². The Morgan fingerprint density at radius 2 is 1.71 bits per heavy atom. The van der Waals surface area contributed by atoms with Gasteiger partial charge in [0.05, 0.1) is 7.11 Å². The van der Waals surface area contributed by atoms with Gasteiger partial charge in [0.2, 0.25) is 5.88 Å². The number of benzene rings is 1. The number of allylic oxidation sites excluding steroid dienone is 1. The number of carboxylic acid groups (broad SMARTS) is 2. The summed E-state index contributed by atoms with van der Waals surface area (Å²) >= 11 is 0. The van der Waals surface area contributed by atoms with Crippen LogP contribution < -0.4 is 4.74 Å². The van der Waals surface area contributed by atoms with Crippen LogP contribution in [0.2, 0.25) is 0 Å². The first-order valence-electron chi connectivity index (χ1n) is 11.2. The largest absolute Gasteiger partial charge is 0.481 e. The summed E-state index contributed by atoms with van der Waals surface area (Å²) in [7, 11) is 3.86. The van der Waals surface area contributed by atoms with Crippen LogP contribution in [-0.2, 0) is 16.0 Å². The lowest BCUT2D eigenvalue weighted by Gasteiger charge is -2.32. The molecule has 0 atom stereocenters. The van der Waals surface area contributed by atoms with E-state index in [0.29, 0.717) is 18.0 Å². The first-order chi connectivity index (χ1) is 16.4. The third-order valence-electron chi connectivity index (χ3n) is 5.99. The quantitative estimate of drug-likeness (QED) is 0.602.